The molecule has 0 unspecified atom stereocenters. The average molecular weight is 348 g/mol. The molecule has 0 aliphatic rings. The van der Waals surface area contributed by atoms with Crippen molar-refractivity contribution < 1.29 is 9.90 Å². The van der Waals surface area contributed by atoms with E-state index in [-0.39, 0.29) is 12.5 Å². The maximum absolute atomic E-state index is 12.7. The first-order chi connectivity index (χ1) is 10.1. The van der Waals surface area contributed by atoms with E-state index in [4.69, 9.17) is 0 Å². The summed E-state index contributed by atoms with van der Waals surface area (Å²) in [4.78, 5) is 14.3. The summed E-state index contributed by atoms with van der Waals surface area (Å²) < 4.78 is 0.781. The third-order valence-corrected chi connectivity index (χ3v) is 3.88. The molecule has 21 heavy (non-hydrogen) atoms. The number of nitrogens with zero attached hydrogens (tertiary/aromatic N) is 1. The summed E-state index contributed by atoms with van der Waals surface area (Å²) >= 11 is 3.44. The van der Waals surface area contributed by atoms with Gasteiger partial charge in [0.15, 0.2) is 0 Å². The highest BCUT2D eigenvalue weighted by Crippen LogP contribution is 2.21. The van der Waals surface area contributed by atoms with Crippen molar-refractivity contribution in [2.24, 2.45) is 0 Å². The van der Waals surface area contributed by atoms with Crippen LogP contribution < -0.4 is 0 Å². The van der Waals surface area contributed by atoms with Crippen LogP contribution in [0, 0.1) is 6.92 Å². The quantitative estimate of drug-likeness (QED) is 0.900. The molecule has 1 amide bonds. The molecular weight excluding hydrogens is 330 g/mol. The number of aryl methyl sites for hydroxylation is 1. The molecule has 0 spiro atoms. The predicted octanol–water partition coefficient (Wildman–Crippen LogP) is 3.39. The van der Waals surface area contributed by atoms with E-state index in [1.165, 1.54) is 0 Å². The number of halogens is 1. The van der Waals surface area contributed by atoms with Crippen LogP contribution in [0.5, 0.6) is 0 Å². The van der Waals surface area contributed by atoms with Crippen molar-refractivity contribution in [3.05, 3.63) is 69.7 Å². The van der Waals surface area contributed by atoms with Crippen molar-refractivity contribution in [1.29, 1.82) is 0 Å². The van der Waals surface area contributed by atoms with Gasteiger partial charge in [0.05, 0.1) is 12.2 Å². The minimum Gasteiger partial charge on any atom is -0.395 e. The van der Waals surface area contributed by atoms with Crippen LogP contribution in [0.1, 0.15) is 21.5 Å². The van der Waals surface area contributed by atoms with Gasteiger partial charge in [-0.1, -0.05) is 36.4 Å². The lowest BCUT2D eigenvalue weighted by Crippen LogP contribution is -2.33. The van der Waals surface area contributed by atoms with Crippen LogP contribution in [0.3, 0.4) is 0 Å². The number of carbonyl (C=O) groups is 1. The van der Waals surface area contributed by atoms with Gasteiger partial charge in [0.25, 0.3) is 5.91 Å². The molecule has 0 aliphatic carbocycles. The molecule has 0 atom stereocenters. The molecule has 110 valence electrons. The largest absolute Gasteiger partial charge is 0.395 e. The molecule has 1 N–H and O–H groups in total. The smallest absolute Gasteiger partial charge is 0.255 e. The highest BCUT2D eigenvalue weighted by molar-refractivity contribution is 9.10. The Hall–Kier alpha value is -1.65. The van der Waals surface area contributed by atoms with E-state index >= 15 is 0 Å². The van der Waals surface area contributed by atoms with Gasteiger partial charge >= 0.3 is 0 Å². The molecule has 2 aromatic carbocycles. The molecule has 2 aromatic rings. The number of aliphatic hydroxyl groups excluding tert-OH is 1. The molecule has 4 heteroatoms. The first-order valence-corrected chi connectivity index (χ1v) is 7.61. The first-order valence-electron chi connectivity index (χ1n) is 6.82. The van der Waals surface area contributed by atoms with E-state index in [2.05, 4.69) is 15.9 Å². The van der Waals surface area contributed by atoms with Crippen LogP contribution >= 0.6 is 15.9 Å². The van der Waals surface area contributed by atoms with Gasteiger partial charge in [-0.2, -0.15) is 0 Å². The number of hydrogen-bond acceptors (Lipinski definition) is 2. The lowest BCUT2D eigenvalue weighted by Gasteiger charge is -2.22. The summed E-state index contributed by atoms with van der Waals surface area (Å²) in [6.45, 7) is 2.73. The maximum atomic E-state index is 12.7. The van der Waals surface area contributed by atoms with Crippen LogP contribution in [-0.4, -0.2) is 29.1 Å². The monoisotopic (exact) mass is 347 g/mol. The van der Waals surface area contributed by atoms with Crippen molar-refractivity contribution in [1.82, 2.24) is 4.90 Å². The van der Waals surface area contributed by atoms with Crippen molar-refractivity contribution in [3.8, 4) is 0 Å². The Bertz CT molecular complexity index is 613. The van der Waals surface area contributed by atoms with Gasteiger partial charge in [-0.3, -0.25) is 4.79 Å². The van der Waals surface area contributed by atoms with E-state index < -0.39 is 0 Å². The number of hydrogen-bond donors (Lipinski definition) is 1. The topological polar surface area (TPSA) is 40.5 Å². The molecule has 0 radical (unpaired) electrons. The van der Waals surface area contributed by atoms with Crippen LogP contribution in [0.25, 0.3) is 0 Å². The first kappa shape index (κ1) is 15.7. The van der Waals surface area contributed by atoms with Crippen molar-refractivity contribution in [2.45, 2.75) is 13.5 Å². The van der Waals surface area contributed by atoms with Crippen LogP contribution in [0.15, 0.2) is 53.0 Å². The number of rotatable bonds is 5. The number of benzene rings is 2. The second-order valence-corrected chi connectivity index (χ2v) is 5.77. The zero-order valence-electron chi connectivity index (χ0n) is 11.9. The molecule has 0 fully saturated rings. The Labute approximate surface area is 133 Å². The lowest BCUT2D eigenvalue weighted by atomic mass is 10.1. The fraction of sp³-hybridized carbons (Fsp3) is 0.235. The molecule has 0 aliphatic heterocycles. The van der Waals surface area contributed by atoms with Crippen LogP contribution in [0.4, 0.5) is 0 Å². The third-order valence-electron chi connectivity index (χ3n) is 3.23. The predicted molar refractivity (Wildman–Crippen MR) is 87.1 cm³/mol. The van der Waals surface area contributed by atoms with Crippen LogP contribution in [0.2, 0.25) is 0 Å². The average Bonchev–Trinajstić information content (AvgIpc) is 2.47. The van der Waals surface area contributed by atoms with Gasteiger partial charge in [0.2, 0.25) is 0 Å². The minimum absolute atomic E-state index is 0.0535. The van der Waals surface area contributed by atoms with Gasteiger partial charge in [0.1, 0.15) is 0 Å². The SMILES string of the molecule is Cc1ccc(C(=O)N(CCO)Cc2ccccc2)c(Br)c1. The van der Waals surface area contributed by atoms with Crippen molar-refractivity contribution in [3.63, 3.8) is 0 Å². The van der Waals surface area contributed by atoms with Crippen LogP contribution in [-0.2, 0) is 6.54 Å². The van der Waals surface area contributed by atoms with Gasteiger partial charge in [-0.05, 0) is 46.1 Å². The Balaban J connectivity index is 2.23. The summed E-state index contributed by atoms with van der Waals surface area (Å²) in [7, 11) is 0. The Morgan fingerprint density at radius 1 is 1.19 bits per heavy atom. The zero-order chi connectivity index (χ0) is 15.2. The molecule has 3 nitrogen and oxygen atoms in total. The van der Waals surface area contributed by atoms with Gasteiger partial charge in [-0.15, -0.1) is 0 Å². The third kappa shape index (κ3) is 4.16. The number of carbonyl (C=O) groups excluding carboxylic acids is 1. The summed E-state index contributed by atoms with van der Waals surface area (Å²) in [6, 6.07) is 15.4. The van der Waals surface area contributed by atoms with E-state index in [9.17, 15) is 9.90 Å². The molecule has 0 saturated heterocycles. The number of amides is 1. The highest BCUT2D eigenvalue weighted by atomic mass is 79.9. The second kappa shape index (κ2) is 7.38. The van der Waals surface area contributed by atoms with E-state index in [1.807, 2.05) is 55.5 Å². The summed E-state index contributed by atoms with van der Waals surface area (Å²) in [6.07, 6.45) is 0. The molecular formula is C17H18BrNO2. The molecule has 0 bridgehead atoms. The maximum Gasteiger partial charge on any atom is 0.255 e. The Morgan fingerprint density at radius 2 is 1.90 bits per heavy atom. The fourth-order valence-corrected chi connectivity index (χ4v) is 2.80. The Kier molecular flexibility index (Phi) is 5.53. The lowest BCUT2D eigenvalue weighted by molar-refractivity contribution is 0.0707. The molecule has 2 rings (SSSR count). The van der Waals surface area contributed by atoms with E-state index in [0.717, 1.165) is 15.6 Å². The fourth-order valence-electron chi connectivity index (χ4n) is 2.14. The summed E-state index contributed by atoms with van der Waals surface area (Å²) in [5, 5.41) is 9.22. The van der Waals surface area contributed by atoms with Crippen molar-refractivity contribution in [2.75, 3.05) is 13.2 Å². The number of aliphatic hydroxyl groups is 1. The molecule has 0 saturated carbocycles. The van der Waals surface area contributed by atoms with Crippen molar-refractivity contribution >= 4 is 21.8 Å². The van der Waals surface area contributed by atoms with Gasteiger partial charge in [-0.25, -0.2) is 0 Å². The highest BCUT2D eigenvalue weighted by Gasteiger charge is 2.18. The summed E-state index contributed by atoms with van der Waals surface area (Å²) in [5.74, 6) is -0.0835. The second-order valence-electron chi connectivity index (χ2n) is 4.92. The van der Waals surface area contributed by atoms with E-state index in [0.29, 0.717) is 18.7 Å². The minimum atomic E-state index is -0.0835. The zero-order valence-corrected chi connectivity index (χ0v) is 13.5. The normalized spacial score (nSPS) is 10.4. The van der Waals surface area contributed by atoms with Gasteiger partial charge in [0, 0.05) is 17.6 Å². The molecule has 0 heterocycles. The summed E-state index contributed by atoms with van der Waals surface area (Å²) in [5.41, 5.74) is 2.75. The molecule has 0 aromatic heterocycles. The van der Waals surface area contributed by atoms with Gasteiger partial charge < -0.3 is 10.0 Å². The van der Waals surface area contributed by atoms with E-state index in [1.54, 1.807) is 4.90 Å². The Morgan fingerprint density at radius 3 is 2.52 bits per heavy atom. The standard InChI is InChI=1S/C17H18BrNO2/c1-13-7-8-15(16(18)11-13)17(21)19(9-10-20)12-14-5-3-2-4-6-14/h2-8,11,20H,9-10,12H2,1H3.